The lowest BCUT2D eigenvalue weighted by Crippen LogP contribution is -2.55. The van der Waals surface area contributed by atoms with E-state index in [4.69, 9.17) is 0 Å². The van der Waals surface area contributed by atoms with Crippen molar-refractivity contribution in [3.05, 3.63) is 0 Å². The number of hydrogen-bond donors (Lipinski definition) is 0. The zero-order chi connectivity index (χ0) is 16.3. The molecule has 3 aliphatic heterocycles. The van der Waals surface area contributed by atoms with E-state index in [1.165, 1.54) is 97.1 Å². The van der Waals surface area contributed by atoms with Crippen LogP contribution in [0.15, 0.2) is 0 Å². The van der Waals surface area contributed by atoms with E-state index >= 15 is 0 Å². The van der Waals surface area contributed by atoms with Crippen LogP contribution in [0.2, 0.25) is 0 Å². The quantitative estimate of drug-likeness (QED) is 0.669. The molecule has 0 aromatic carbocycles. The third-order valence-corrected chi connectivity index (χ3v) is 11.4. The molecule has 3 fully saturated rings. The summed E-state index contributed by atoms with van der Waals surface area (Å²) < 4.78 is 9.02. The summed E-state index contributed by atoms with van der Waals surface area (Å²) in [5.41, 5.74) is 0. The number of hydrogen-bond acceptors (Lipinski definition) is 3. The first-order chi connectivity index (χ1) is 11.1. The van der Waals surface area contributed by atoms with Crippen LogP contribution < -0.4 is 0 Å². The highest BCUT2D eigenvalue weighted by molar-refractivity contribution is 7.70. The van der Waals surface area contributed by atoms with E-state index in [1.54, 1.807) is 0 Å². The van der Waals surface area contributed by atoms with Crippen molar-refractivity contribution in [1.82, 2.24) is 14.0 Å². The lowest BCUT2D eigenvalue weighted by Gasteiger charge is -2.56. The highest BCUT2D eigenvalue weighted by Gasteiger charge is 2.64. The standard InChI is InChI=1S/C19H39N3P/c1-19(2,3)23(20-13-7-4-8-14-20,21-15-9-5-10-16-21)22-17-11-6-12-18-22/h4-18H2,1-3H3/q+1. The molecule has 23 heavy (non-hydrogen) atoms. The Labute approximate surface area is 145 Å². The van der Waals surface area contributed by atoms with Gasteiger partial charge in [-0.25, -0.2) is 0 Å². The van der Waals surface area contributed by atoms with E-state index in [0.29, 0.717) is 5.16 Å². The fourth-order valence-electron chi connectivity index (χ4n) is 5.28. The van der Waals surface area contributed by atoms with Crippen LogP contribution >= 0.6 is 7.71 Å². The zero-order valence-corrected chi connectivity index (χ0v) is 16.8. The van der Waals surface area contributed by atoms with Gasteiger partial charge in [0, 0.05) is 39.3 Å². The van der Waals surface area contributed by atoms with Crippen LogP contribution in [0, 0.1) is 0 Å². The molecule has 3 aliphatic rings. The third kappa shape index (κ3) is 3.50. The SMILES string of the molecule is CC(C)(C)[P+](N1CCCCC1)(N1CCCCC1)N1CCCCC1. The Bertz CT molecular complexity index is 316. The summed E-state index contributed by atoms with van der Waals surface area (Å²) in [6.07, 6.45) is 12.8. The normalized spacial score (nSPS) is 27.3. The lowest BCUT2D eigenvalue weighted by molar-refractivity contribution is 0.226. The van der Waals surface area contributed by atoms with Crippen LogP contribution in [0.5, 0.6) is 0 Å². The van der Waals surface area contributed by atoms with E-state index in [0.717, 1.165) is 0 Å². The van der Waals surface area contributed by atoms with Gasteiger partial charge in [-0.15, -0.1) is 14.0 Å². The summed E-state index contributed by atoms with van der Waals surface area (Å²) in [7, 11) is -1.41. The minimum absolute atomic E-state index is 0.374. The van der Waals surface area contributed by atoms with Gasteiger partial charge < -0.3 is 0 Å². The second-order valence-corrected chi connectivity index (χ2v) is 13.0. The van der Waals surface area contributed by atoms with E-state index in [2.05, 4.69) is 34.8 Å². The molecule has 0 bridgehead atoms. The molecule has 3 rings (SSSR count). The Morgan fingerprint density at radius 2 is 0.739 bits per heavy atom. The average Bonchev–Trinajstić information content (AvgIpc) is 2.57. The smallest absolute Gasteiger partial charge is 0.148 e. The first-order valence-electron chi connectivity index (χ1n) is 10.2. The van der Waals surface area contributed by atoms with Gasteiger partial charge in [0.2, 0.25) is 7.71 Å². The summed E-state index contributed by atoms with van der Waals surface area (Å²) in [6, 6.07) is 0. The van der Waals surface area contributed by atoms with Crippen LogP contribution in [-0.2, 0) is 0 Å². The molecule has 3 nitrogen and oxygen atoms in total. The van der Waals surface area contributed by atoms with Crippen LogP contribution in [-0.4, -0.2) is 58.4 Å². The van der Waals surface area contributed by atoms with Gasteiger partial charge in [0.1, 0.15) is 5.16 Å². The Morgan fingerprint density at radius 3 is 0.957 bits per heavy atom. The van der Waals surface area contributed by atoms with Gasteiger partial charge in [-0.1, -0.05) is 19.3 Å². The van der Waals surface area contributed by atoms with Crippen molar-refractivity contribution in [2.45, 2.75) is 83.7 Å². The summed E-state index contributed by atoms with van der Waals surface area (Å²) in [6.45, 7) is 15.7. The van der Waals surface area contributed by atoms with Gasteiger partial charge in [-0.3, -0.25) is 0 Å². The molecule has 4 heteroatoms. The molecule has 0 amide bonds. The molecule has 3 saturated heterocycles. The molecule has 0 N–H and O–H groups in total. The van der Waals surface area contributed by atoms with Crippen molar-refractivity contribution in [2.24, 2.45) is 0 Å². The van der Waals surface area contributed by atoms with E-state index < -0.39 is 7.71 Å². The Kier molecular flexibility index (Phi) is 6.05. The molecule has 0 aromatic rings. The van der Waals surface area contributed by atoms with Crippen LogP contribution in [0.3, 0.4) is 0 Å². The predicted octanol–water partition coefficient (Wildman–Crippen LogP) is 5.01. The second kappa shape index (κ2) is 7.68. The number of piperidine rings is 3. The van der Waals surface area contributed by atoms with Gasteiger partial charge in [-0.2, -0.15) is 0 Å². The summed E-state index contributed by atoms with van der Waals surface area (Å²) in [5.74, 6) is 0. The highest BCUT2D eigenvalue weighted by atomic mass is 31.2. The molecule has 0 spiro atoms. The lowest BCUT2D eigenvalue weighted by atomic mass is 10.2. The Morgan fingerprint density at radius 1 is 0.478 bits per heavy atom. The molecular formula is C19H39N3P+. The first-order valence-corrected chi connectivity index (χ1v) is 11.9. The van der Waals surface area contributed by atoms with Gasteiger partial charge in [0.05, 0.1) is 0 Å². The monoisotopic (exact) mass is 340 g/mol. The van der Waals surface area contributed by atoms with Crippen molar-refractivity contribution in [3.63, 3.8) is 0 Å². The fraction of sp³-hybridized carbons (Fsp3) is 1.00. The third-order valence-electron chi connectivity index (χ3n) is 6.08. The van der Waals surface area contributed by atoms with Crippen molar-refractivity contribution >= 4 is 7.71 Å². The van der Waals surface area contributed by atoms with Crippen molar-refractivity contribution in [3.8, 4) is 0 Å². The molecule has 0 aromatic heterocycles. The molecule has 0 unspecified atom stereocenters. The zero-order valence-electron chi connectivity index (χ0n) is 15.9. The summed E-state index contributed by atoms with van der Waals surface area (Å²) in [4.78, 5) is 0. The van der Waals surface area contributed by atoms with Crippen LogP contribution in [0.4, 0.5) is 0 Å². The molecule has 0 atom stereocenters. The topological polar surface area (TPSA) is 9.72 Å². The predicted molar refractivity (Wildman–Crippen MR) is 103 cm³/mol. The molecular weight excluding hydrogens is 301 g/mol. The van der Waals surface area contributed by atoms with Gasteiger partial charge >= 0.3 is 0 Å². The second-order valence-electron chi connectivity index (χ2n) is 8.78. The number of nitrogens with zero attached hydrogens (tertiary/aromatic N) is 3. The van der Waals surface area contributed by atoms with Gasteiger partial charge in [-0.05, 0) is 59.3 Å². The minimum Gasteiger partial charge on any atom is -0.148 e. The largest absolute Gasteiger partial charge is 0.232 e. The fourth-order valence-corrected chi connectivity index (χ4v) is 11.4. The van der Waals surface area contributed by atoms with Crippen molar-refractivity contribution in [2.75, 3.05) is 39.3 Å². The minimum atomic E-state index is -1.41. The molecule has 0 radical (unpaired) electrons. The maximum Gasteiger partial charge on any atom is 0.232 e. The first kappa shape index (κ1) is 18.1. The summed E-state index contributed by atoms with van der Waals surface area (Å²) >= 11 is 0. The molecule has 0 saturated carbocycles. The van der Waals surface area contributed by atoms with Gasteiger partial charge in [0.25, 0.3) is 0 Å². The molecule has 134 valence electrons. The van der Waals surface area contributed by atoms with Crippen molar-refractivity contribution in [1.29, 1.82) is 0 Å². The maximum absolute atomic E-state index is 3.01. The van der Waals surface area contributed by atoms with Gasteiger partial charge in [0.15, 0.2) is 0 Å². The Balaban J connectivity index is 1.99. The maximum atomic E-state index is 3.01. The molecule has 0 aliphatic carbocycles. The number of rotatable bonds is 3. The summed E-state index contributed by atoms with van der Waals surface area (Å²) in [5, 5.41) is 0.374. The van der Waals surface area contributed by atoms with E-state index in [-0.39, 0.29) is 0 Å². The van der Waals surface area contributed by atoms with Crippen molar-refractivity contribution < 1.29 is 0 Å². The van der Waals surface area contributed by atoms with E-state index in [1.807, 2.05) is 0 Å². The molecule has 3 heterocycles. The average molecular weight is 341 g/mol. The highest BCUT2D eigenvalue weighted by Crippen LogP contribution is 2.76. The van der Waals surface area contributed by atoms with Crippen LogP contribution in [0.1, 0.15) is 78.6 Å². The van der Waals surface area contributed by atoms with E-state index in [9.17, 15) is 0 Å². The Hall–Kier alpha value is 0.310. The van der Waals surface area contributed by atoms with Crippen LogP contribution in [0.25, 0.3) is 0 Å².